The molecule has 2 saturated heterocycles. The van der Waals surface area contributed by atoms with Crippen molar-refractivity contribution in [1.82, 2.24) is 15.1 Å². The van der Waals surface area contributed by atoms with Gasteiger partial charge in [-0.15, -0.1) is 0 Å². The van der Waals surface area contributed by atoms with Crippen LogP contribution in [-0.2, 0) is 0 Å². The van der Waals surface area contributed by atoms with E-state index < -0.39 is 5.92 Å². The zero-order valence-electron chi connectivity index (χ0n) is 11.3. The Balaban J connectivity index is 1.66. The Hall–Kier alpha value is -0.260. The topological polar surface area (TPSA) is 18.5 Å². The Morgan fingerprint density at radius 2 is 1.50 bits per heavy atom. The first kappa shape index (κ1) is 14.2. The van der Waals surface area contributed by atoms with Gasteiger partial charge in [-0.1, -0.05) is 6.92 Å². The van der Waals surface area contributed by atoms with Crippen molar-refractivity contribution in [2.75, 3.05) is 52.4 Å². The van der Waals surface area contributed by atoms with E-state index in [1.54, 1.807) is 0 Å². The monoisotopic (exact) mass is 261 g/mol. The van der Waals surface area contributed by atoms with Gasteiger partial charge in [0.25, 0.3) is 5.92 Å². The minimum Gasteiger partial charge on any atom is -0.314 e. The second-order valence-electron chi connectivity index (χ2n) is 5.81. The second-order valence-corrected chi connectivity index (χ2v) is 5.81. The predicted molar refractivity (Wildman–Crippen MR) is 69.1 cm³/mol. The van der Waals surface area contributed by atoms with Crippen molar-refractivity contribution in [3.8, 4) is 0 Å². The number of nitrogens with one attached hydrogen (secondary N) is 1. The molecule has 1 atom stereocenters. The van der Waals surface area contributed by atoms with Gasteiger partial charge >= 0.3 is 0 Å². The summed E-state index contributed by atoms with van der Waals surface area (Å²) in [6.07, 6.45) is 0.0701. The van der Waals surface area contributed by atoms with Crippen LogP contribution in [-0.4, -0.2) is 68.1 Å². The summed E-state index contributed by atoms with van der Waals surface area (Å²) >= 11 is 0. The first-order chi connectivity index (χ1) is 8.55. The van der Waals surface area contributed by atoms with Crippen LogP contribution < -0.4 is 5.32 Å². The normalized spacial score (nSPS) is 28.2. The van der Waals surface area contributed by atoms with E-state index in [9.17, 15) is 8.78 Å². The number of piperidine rings is 1. The molecule has 0 spiro atoms. The van der Waals surface area contributed by atoms with E-state index >= 15 is 0 Å². The molecule has 106 valence electrons. The fraction of sp³-hybridized carbons (Fsp3) is 1.00. The van der Waals surface area contributed by atoms with Gasteiger partial charge in [-0.3, -0.25) is 0 Å². The van der Waals surface area contributed by atoms with Crippen molar-refractivity contribution < 1.29 is 8.78 Å². The van der Waals surface area contributed by atoms with Crippen LogP contribution in [0, 0.1) is 5.92 Å². The van der Waals surface area contributed by atoms with Crippen LogP contribution in [0.4, 0.5) is 8.78 Å². The summed E-state index contributed by atoms with van der Waals surface area (Å²) in [4.78, 5) is 4.67. The highest BCUT2D eigenvalue weighted by atomic mass is 19.3. The lowest BCUT2D eigenvalue weighted by Crippen LogP contribution is -2.47. The van der Waals surface area contributed by atoms with E-state index in [1.165, 1.54) is 0 Å². The minimum absolute atomic E-state index is 0.0351. The first-order valence-electron chi connectivity index (χ1n) is 7.08. The Morgan fingerprint density at radius 1 is 1.00 bits per heavy atom. The van der Waals surface area contributed by atoms with Crippen molar-refractivity contribution in [2.45, 2.75) is 25.7 Å². The van der Waals surface area contributed by atoms with Gasteiger partial charge in [0.15, 0.2) is 0 Å². The molecule has 0 saturated carbocycles. The van der Waals surface area contributed by atoms with Gasteiger partial charge < -0.3 is 15.1 Å². The van der Waals surface area contributed by atoms with E-state index in [0.29, 0.717) is 19.0 Å². The zero-order valence-corrected chi connectivity index (χ0v) is 11.3. The van der Waals surface area contributed by atoms with Gasteiger partial charge in [-0.25, -0.2) is 8.78 Å². The number of piperazine rings is 1. The van der Waals surface area contributed by atoms with Crippen LogP contribution in [0.2, 0.25) is 0 Å². The second kappa shape index (κ2) is 6.26. The summed E-state index contributed by atoms with van der Waals surface area (Å²) < 4.78 is 26.1. The quantitative estimate of drug-likeness (QED) is 0.822. The molecule has 0 radical (unpaired) electrons. The van der Waals surface area contributed by atoms with Crippen LogP contribution in [0.5, 0.6) is 0 Å². The molecule has 0 bridgehead atoms. The summed E-state index contributed by atoms with van der Waals surface area (Å²) in [5.41, 5.74) is 0. The van der Waals surface area contributed by atoms with E-state index in [4.69, 9.17) is 0 Å². The molecule has 0 aliphatic carbocycles. The Bertz CT molecular complexity index is 245. The number of likely N-dealkylation sites (tertiary alicyclic amines) is 1. The summed E-state index contributed by atoms with van der Waals surface area (Å²) in [6.45, 7) is 9.76. The van der Waals surface area contributed by atoms with Crippen LogP contribution in [0.25, 0.3) is 0 Å². The summed E-state index contributed by atoms with van der Waals surface area (Å²) in [5, 5.41) is 3.34. The smallest absolute Gasteiger partial charge is 0.250 e. The highest BCUT2D eigenvalue weighted by molar-refractivity contribution is 4.79. The fourth-order valence-corrected chi connectivity index (χ4v) is 2.90. The molecule has 1 N–H and O–H groups in total. The largest absolute Gasteiger partial charge is 0.314 e. The molecule has 0 aromatic carbocycles. The molecule has 0 aromatic heterocycles. The maximum atomic E-state index is 13.0. The third kappa shape index (κ3) is 4.44. The van der Waals surface area contributed by atoms with Gasteiger partial charge in [0.1, 0.15) is 0 Å². The van der Waals surface area contributed by atoms with Gasteiger partial charge in [0, 0.05) is 65.2 Å². The molecule has 2 aliphatic rings. The van der Waals surface area contributed by atoms with Crippen LogP contribution >= 0.6 is 0 Å². The molecule has 2 rings (SSSR count). The molecule has 2 heterocycles. The number of hydrogen-bond acceptors (Lipinski definition) is 3. The molecular weight excluding hydrogens is 236 g/mol. The number of hydrogen-bond donors (Lipinski definition) is 1. The molecule has 2 fully saturated rings. The Kier molecular flexibility index (Phi) is 4.92. The third-order valence-electron chi connectivity index (χ3n) is 3.94. The number of nitrogens with zero attached hydrogens (tertiary/aromatic N) is 2. The van der Waals surface area contributed by atoms with E-state index in [-0.39, 0.29) is 12.8 Å². The van der Waals surface area contributed by atoms with Crippen molar-refractivity contribution in [3.63, 3.8) is 0 Å². The number of halogens is 2. The van der Waals surface area contributed by atoms with E-state index in [0.717, 1.165) is 39.3 Å². The van der Waals surface area contributed by atoms with Crippen LogP contribution in [0.1, 0.15) is 19.8 Å². The molecule has 0 amide bonds. The lowest BCUT2D eigenvalue weighted by atomic mass is 10.0. The van der Waals surface area contributed by atoms with Crippen molar-refractivity contribution >= 4 is 0 Å². The number of rotatable bonds is 4. The Morgan fingerprint density at radius 3 is 2.06 bits per heavy atom. The van der Waals surface area contributed by atoms with Crippen LogP contribution in [0.15, 0.2) is 0 Å². The highest BCUT2D eigenvalue weighted by Crippen LogP contribution is 2.27. The van der Waals surface area contributed by atoms with Crippen molar-refractivity contribution in [3.05, 3.63) is 0 Å². The maximum absolute atomic E-state index is 13.0. The van der Waals surface area contributed by atoms with Gasteiger partial charge in [0.2, 0.25) is 0 Å². The Labute approximate surface area is 109 Å². The predicted octanol–water partition coefficient (Wildman–Crippen LogP) is 1.26. The SMILES string of the molecule is CC(CN1CCNCC1)CN1CCC(F)(F)CC1. The van der Waals surface area contributed by atoms with E-state index in [2.05, 4.69) is 22.0 Å². The zero-order chi connectivity index (χ0) is 13.0. The average Bonchev–Trinajstić information content (AvgIpc) is 2.33. The standard InChI is InChI=1S/C13H25F2N3/c1-12(11-18-8-4-16-5-9-18)10-17-6-2-13(14,15)3-7-17/h12,16H,2-11H2,1H3. The maximum Gasteiger partial charge on any atom is 0.250 e. The van der Waals surface area contributed by atoms with Crippen molar-refractivity contribution in [2.24, 2.45) is 5.92 Å². The van der Waals surface area contributed by atoms with E-state index in [1.807, 2.05) is 0 Å². The molecule has 1 unspecified atom stereocenters. The minimum atomic E-state index is -2.42. The molecule has 5 heteroatoms. The average molecular weight is 261 g/mol. The third-order valence-corrected chi connectivity index (χ3v) is 3.94. The molecule has 0 aromatic rings. The highest BCUT2D eigenvalue weighted by Gasteiger charge is 2.34. The lowest BCUT2D eigenvalue weighted by Gasteiger charge is -2.35. The lowest BCUT2D eigenvalue weighted by molar-refractivity contribution is -0.0575. The molecule has 2 aliphatic heterocycles. The molecule has 3 nitrogen and oxygen atoms in total. The summed E-state index contributed by atoms with van der Waals surface area (Å²) in [7, 11) is 0. The van der Waals surface area contributed by atoms with Gasteiger partial charge in [-0.05, 0) is 5.92 Å². The first-order valence-corrected chi connectivity index (χ1v) is 7.08. The van der Waals surface area contributed by atoms with Crippen LogP contribution in [0.3, 0.4) is 0 Å². The molecular formula is C13H25F2N3. The summed E-state index contributed by atoms with van der Waals surface area (Å²) in [5.74, 6) is -1.85. The van der Waals surface area contributed by atoms with Gasteiger partial charge in [-0.2, -0.15) is 0 Å². The summed E-state index contributed by atoms with van der Waals surface area (Å²) in [6, 6.07) is 0. The number of alkyl halides is 2. The van der Waals surface area contributed by atoms with Crippen molar-refractivity contribution in [1.29, 1.82) is 0 Å². The van der Waals surface area contributed by atoms with Gasteiger partial charge in [0.05, 0.1) is 0 Å². The fourth-order valence-electron chi connectivity index (χ4n) is 2.90. The molecule has 18 heavy (non-hydrogen) atoms.